The highest BCUT2D eigenvalue weighted by atomic mass is 79.9. The number of carbonyl (C=O) groups is 2. The van der Waals surface area contributed by atoms with Gasteiger partial charge in [0.2, 0.25) is 5.91 Å². The van der Waals surface area contributed by atoms with Crippen LogP contribution in [0.2, 0.25) is 0 Å². The first kappa shape index (κ1) is 14.1. The average molecular weight is 326 g/mol. The Morgan fingerprint density at radius 2 is 2.00 bits per heavy atom. The monoisotopic (exact) mass is 325 g/mol. The minimum atomic E-state index is -0.874. The van der Waals surface area contributed by atoms with Crippen molar-refractivity contribution in [2.24, 2.45) is 11.8 Å². The van der Waals surface area contributed by atoms with Crippen LogP contribution in [0, 0.1) is 11.8 Å². The number of carbonyl (C=O) groups excluding carboxylic acids is 1. The van der Waals surface area contributed by atoms with Crippen molar-refractivity contribution < 1.29 is 14.7 Å². The molecule has 1 fully saturated rings. The number of hydrogen-bond acceptors (Lipinski definition) is 2. The summed E-state index contributed by atoms with van der Waals surface area (Å²) in [4.78, 5) is 22.5. The molecule has 0 heterocycles. The first-order valence-electron chi connectivity index (χ1n) is 6.25. The van der Waals surface area contributed by atoms with Crippen LogP contribution in [0.1, 0.15) is 18.9 Å². The zero-order valence-electron chi connectivity index (χ0n) is 10.6. The molecular formula is C14H16BrNO3. The quantitative estimate of drug-likeness (QED) is 0.872. The molecule has 0 radical (unpaired) electrons. The van der Waals surface area contributed by atoms with Gasteiger partial charge in [-0.05, 0) is 37.5 Å². The maximum atomic E-state index is 11.8. The molecule has 1 aliphatic carbocycles. The fraction of sp³-hybridized carbons (Fsp3) is 0.429. The molecule has 0 aliphatic heterocycles. The Hall–Kier alpha value is -1.36. The third-order valence-electron chi connectivity index (χ3n) is 3.29. The van der Waals surface area contributed by atoms with Crippen molar-refractivity contribution >= 4 is 27.8 Å². The summed E-state index contributed by atoms with van der Waals surface area (Å²) in [7, 11) is 0. The minimum Gasteiger partial charge on any atom is -0.481 e. The number of carboxylic acids is 1. The summed E-state index contributed by atoms with van der Waals surface area (Å²) in [6, 6.07) is 7.94. The van der Waals surface area contributed by atoms with E-state index in [0.29, 0.717) is 6.42 Å². The first-order valence-corrected chi connectivity index (χ1v) is 7.04. The molecule has 102 valence electrons. The van der Waals surface area contributed by atoms with E-state index in [1.807, 2.05) is 31.2 Å². The molecule has 3 atom stereocenters. The number of amides is 1. The predicted octanol–water partition coefficient (Wildman–Crippen LogP) is 2.22. The number of aliphatic carboxylic acids is 1. The Kier molecular flexibility index (Phi) is 4.24. The highest BCUT2D eigenvalue weighted by Gasteiger charge is 2.48. The number of rotatable bonds is 5. The Balaban J connectivity index is 1.81. The maximum absolute atomic E-state index is 11.8. The minimum absolute atomic E-state index is 0.00344. The zero-order valence-corrected chi connectivity index (χ0v) is 12.2. The van der Waals surface area contributed by atoms with Gasteiger partial charge >= 0.3 is 5.97 Å². The predicted molar refractivity (Wildman–Crippen MR) is 74.7 cm³/mol. The molecule has 4 nitrogen and oxygen atoms in total. The van der Waals surface area contributed by atoms with Gasteiger partial charge in [0, 0.05) is 10.5 Å². The van der Waals surface area contributed by atoms with Crippen LogP contribution in [0.15, 0.2) is 28.7 Å². The normalized spacial score (nSPS) is 22.6. The van der Waals surface area contributed by atoms with Gasteiger partial charge in [-0.1, -0.05) is 28.1 Å². The van der Waals surface area contributed by atoms with Crippen LogP contribution in [-0.2, 0) is 16.0 Å². The van der Waals surface area contributed by atoms with Crippen LogP contribution >= 0.6 is 15.9 Å². The molecule has 1 aliphatic rings. The largest absolute Gasteiger partial charge is 0.481 e. The van der Waals surface area contributed by atoms with E-state index in [9.17, 15) is 9.59 Å². The van der Waals surface area contributed by atoms with Gasteiger partial charge in [0.05, 0.1) is 11.8 Å². The molecule has 19 heavy (non-hydrogen) atoms. The number of benzene rings is 1. The van der Waals surface area contributed by atoms with Crippen molar-refractivity contribution in [3.8, 4) is 0 Å². The van der Waals surface area contributed by atoms with Gasteiger partial charge in [-0.2, -0.15) is 0 Å². The van der Waals surface area contributed by atoms with Crippen LogP contribution < -0.4 is 5.32 Å². The number of halogens is 1. The molecule has 0 aromatic heterocycles. The van der Waals surface area contributed by atoms with Crippen molar-refractivity contribution in [2.45, 2.75) is 25.8 Å². The van der Waals surface area contributed by atoms with E-state index in [-0.39, 0.29) is 17.9 Å². The van der Waals surface area contributed by atoms with Crippen molar-refractivity contribution in [1.82, 2.24) is 5.32 Å². The number of nitrogens with one attached hydrogen (secondary N) is 1. The topological polar surface area (TPSA) is 66.4 Å². The smallest absolute Gasteiger partial charge is 0.307 e. The molecule has 2 N–H and O–H groups in total. The summed E-state index contributed by atoms with van der Waals surface area (Å²) in [5.41, 5.74) is 1.14. The Morgan fingerprint density at radius 3 is 2.53 bits per heavy atom. The fourth-order valence-electron chi connectivity index (χ4n) is 2.13. The van der Waals surface area contributed by atoms with E-state index in [1.54, 1.807) is 0 Å². The number of carboxylic acid groups (broad SMARTS) is 1. The van der Waals surface area contributed by atoms with Gasteiger partial charge in [0.25, 0.3) is 0 Å². The van der Waals surface area contributed by atoms with E-state index in [4.69, 9.17) is 5.11 Å². The lowest BCUT2D eigenvalue weighted by atomic mass is 10.1. The second kappa shape index (κ2) is 5.74. The second-order valence-corrected chi connectivity index (χ2v) is 5.94. The Labute approximate surface area is 120 Å². The van der Waals surface area contributed by atoms with Gasteiger partial charge in [-0.3, -0.25) is 9.59 Å². The molecular weight excluding hydrogens is 310 g/mol. The van der Waals surface area contributed by atoms with Gasteiger partial charge in [0.15, 0.2) is 0 Å². The van der Waals surface area contributed by atoms with Gasteiger partial charge in [0.1, 0.15) is 0 Å². The van der Waals surface area contributed by atoms with Gasteiger partial charge in [-0.15, -0.1) is 0 Å². The molecule has 0 bridgehead atoms. The standard InChI is InChI=1S/C14H16BrNO3/c1-8(6-9-2-4-10(15)5-3-9)16-13(17)11-7-12(11)14(18)19/h2-5,8,11-12H,6-7H2,1H3,(H,16,17)(H,18,19). The summed E-state index contributed by atoms with van der Waals surface area (Å²) >= 11 is 3.37. The molecule has 0 saturated heterocycles. The highest BCUT2D eigenvalue weighted by molar-refractivity contribution is 9.10. The molecule has 0 spiro atoms. The molecule has 5 heteroatoms. The lowest BCUT2D eigenvalue weighted by molar-refractivity contribution is -0.140. The van der Waals surface area contributed by atoms with E-state index >= 15 is 0 Å². The molecule has 1 saturated carbocycles. The second-order valence-electron chi connectivity index (χ2n) is 5.03. The Bertz CT molecular complexity index is 486. The molecule has 3 unspecified atom stereocenters. The van der Waals surface area contributed by atoms with Crippen LogP contribution in [-0.4, -0.2) is 23.0 Å². The maximum Gasteiger partial charge on any atom is 0.307 e. The first-order chi connectivity index (χ1) is 8.97. The molecule has 2 rings (SSSR count). The summed E-state index contributed by atoms with van der Waals surface area (Å²) < 4.78 is 1.02. The van der Waals surface area contributed by atoms with Crippen molar-refractivity contribution in [3.05, 3.63) is 34.3 Å². The van der Waals surface area contributed by atoms with Crippen LogP contribution in [0.5, 0.6) is 0 Å². The summed E-state index contributed by atoms with van der Waals surface area (Å²) in [6.45, 7) is 1.93. The van der Waals surface area contributed by atoms with E-state index in [2.05, 4.69) is 21.2 Å². The van der Waals surface area contributed by atoms with Crippen LogP contribution in [0.3, 0.4) is 0 Å². The van der Waals surface area contributed by atoms with Gasteiger partial charge < -0.3 is 10.4 Å². The van der Waals surface area contributed by atoms with Crippen LogP contribution in [0.25, 0.3) is 0 Å². The average Bonchev–Trinajstić information content (AvgIpc) is 3.12. The lowest BCUT2D eigenvalue weighted by Crippen LogP contribution is -2.35. The third-order valence-corrected chi connectivity index (χ3v) is 3.82. The molecule has 1 aromatic rings. The summed E-state index contributed by atoms with van der Waals surface area (Å²) in [6.07, 6.45) is 1.20. The highest BCUT2D eigenvalue weighted by Crippen LogP contribution is 2.38. The number of hydrogen-bond donors (Lipinski definition) is 2. The summed E-state index contributed by atoms with van der Waals surface area (Å²) in [5.74, 6) is -1.84. The van der Waals surface area contributed by atoms with E-state index in [0.717, 1.165) is 16.5 Å². The van der Waals surface area contributed by atoms with Crippen molar-refractivity contribution in [1.29, 1.82) is 0 Å². The van der Waals surface area contributed by atoms with E-state index < -0.39 is 11.9 Å². The fourth-order valence-corrected chi connectivity index (χ4v) is 2.40. The van der Waals surface area contributed by atoms with Crippen molar-refractivity contribution in [2.75, 3.05) is 0 Å². The lowest BCUT2D eigenvalue weighted by Gasteiger charge is -2.14. The molecule has 1 aromatic carbocycles. The third kappa shape index (κ3) is 3.80. The van der Waals surface area contributed by atoms with E-state index in [1.165, 1.54) is 0 Å². The van der Waals surface area contributed by atoms with Gasteiger partial charge in [-0.25, -0.2) is 0 Å². The zero-order chi connectivity index (χ0) is 14.0. The Morgan fingerprint density at radius 1 is 1.37 bits per heavy atom. The molecule has 1 amide bonds. The van der Waals surface area contributed by atoms with Crippen LogP contribution in [0.4, 0.5) is 0 Å². The summed E-state index contributed by atoms with van der Waals surface area (Å²) in [5, 5.41) is 11.7. The van der Waals surface area contributed by atoms with Crippen molar-refractivity contribution in [3.63, 3.8) is 0 Å². The SMILES string of the molecule is CC(Cc1ccc(Br)cc1)NC(=O)C1CC1C(=O)O.